The van der Waals surface area contributed by atoms with E-state index in [1.165, 1.54) is 57.8 Å². The molecule has 1 nitrogen and oxygen atoms in total. The number of hydrogen-bond donors (Lipinski definition) is 1. The summed E-state index contributed by atoms with van der Waals surface area (Å²) in [6.45, 7) is 14.9. The molecule has 0 spiro atoms. The third-order valence-electron chi connectivity index (χ3n) is 10.9. The maximum atomic E-state index is 10.2. The zero-order valence-electron chi connectivity index (χ0n) is 20.3. The van der Waals surface area contributed by atoms with Crippen molar-refractivity contribution in [3.8, 4) is 0 Å². The molecule has 0 aliphatic heterocycles. The van der Waals surface area contributed by atoms with E-state index in [1.54, 1.807) is 5.57 Å². The van der Waals surface area contributed by atoms with Crippen LogP contribution in [0.5, 0.6) is 0 Å². The lowest BCUT2D eigenvalue weighted by Crippen LogP contribution is -2.50. The van der Waals surface area contributed by atoms with Crippen LogP contribution in [0.3, 0.4) is 0 Å². The lowest BCUT2D eigenvalue weighted by molar-refractivity contribution is -0.0510. The minimum atomic E-state index is -0.0777. The van der Waals surface area contributed by atoms with Crippen LogP contribution in [0, 0.1) is 45.8 Å². The number of allylic oxidation sites excluding steroid dienone is 1. The fraction of sp³-hybridized carbons (Fsp3) is 0.929. The first-order valence-electron chi connectivity index (χ1n) is 12.9. The number of hydrogen-bond acceptors (Lipinski definition) is 1. The van der Waals surface area contributed by atoms with Crippen molar-refractivity contribution < 1.29 is 5.11 Å². The lowest BCUT2D eigenvalue weighted by Gasteiger charge is -2.58. The molecule has 1 unspecified atom stereocenters. The van der Waals surface area contributed by atoms with Gasteiger partial charge in [-0.15, -0.1) is 0 Å². The van der Waals surface area contributed by atoms with Crippen molar-refractivity contribution >= 4 is 0 Å². The Morgan fingerprint density at radius 3 is 2.55 bits per heavy atom. The van der Waals surface area contributed by atoms with Gasteiger partial charge in [-0.1, -0.05) is 66.0 Å². The lowest BCUT2D eigenvalue weighted by atomic mass is 9.47. The van der Waals surface area contributed by atoms with E-state index >= 15 is 0 Å². The molecule has 4 rings (SSSR count). The van der Waals surface area contributed by atoms with Gasteiger partial charge in [0.15, 0.2) is 0 Å². The van der Waals surface area contributed by atoms with E-state index in [4.69, 9.17) is 0 Å². The van der Waals surface area contributed by atoms with Crippen LogP contribution in [0.15, 0.2) is 11.6 Å². The van der Waals surface area contributed by atoms with Crippen LogP contribution in [-0.4, -0.2) is 11.2 Å². The second-order valence-electron chi connectivity index (χ2n) is 13.2. The van der Waals surface area contributed by atoms with Gasteiger partial charge in [-0.3, -0.25) is 0 Å². The molecule has 0 aromatic rings. The van der Waals surface area contributed by atoms with E-state index in [-0.39, 0.29) is 6.10 Å². The summed E-state index contributed by atoms with van der Waals surface area (Å²) < 4.78 is 0. The number of rotatable bonds is 4. The minimum absolute atomic E-state index is 0.0777. The molecule has 29 heavy (non-hydrogen) atoms. The van der Waals surface area contributed by atoms with Crippen LogP contribution in [0.1, 0.15) is 112 Å². The summed E-state index contributed by atoms with van der Waals surface area (Å²) in [5.74, 6) is 4.54. The molecule has 0 saturated heterocycles. The molecule has 3 fully saturated rings. The number of aliphatic hydroxyl groups excluding tert-OH is 1. The Morgan fingerprint density at radius 1 is 1.07 bits per heavy atom. The highest BCUT2D eigenvalue weighted by molar-refractivity contribution is 5.25. The molecule has 0 heterocycles. The quantitative estimate of drug-likeness (QED) is 0.478. The average molecular weight is 401 g/mol. The molecule has 0 aromatic carbocycles. The normalized spacial score (nSPS) is 45.8. The Balaban J connectivity index is 1.43. The van der Waals surface area contributed by atoms with Gasteiger partial charge >= 0.3 is 0 Å². The molecule has 4 aliphatic rings. The molecule has 8 atom stereocenters. The average Bonchev–Trinajstić information content (AvgIpc) is 2.98. The van der Waals surface area contributed by atoms with Crippen LogP contribution in [0.25, 0.3) is 0 Å². The van der Waals surface area contributed by atoms with Crippen molar-refractivity contribution in [3.63, 3.8) is 0 Å². The standard InChI is InChI=1S/C28H48O/c1-19(26(2,3)4)8-7-9-20-11-13-24-23-12-10-21-18-22(29)14-16-28(21,6)25(23)15-17-27(20,24)5/h10,19-20,22-25,29H,7-9,11-18H2,1-6H3/t19?,20-,22-,23-,24-,25-,27+,28-/m0/s1. The maximum Gasteiger partial charge on any atom is 0.0577 e. The highest BCUT2D eigenvalue weighted by Crippen LogP contribution is 2.66. The fourth-order valence-electron chi connectivity index (χ4n) is 8.33. The van der Waals surface area contributed by atoms with Gasteiger partial charge in [0.2, 0.25) is 0 Å². The smallest absolute Gasteiger partial charge is 0.0577 e. The maximum absolute atomic E-state index is 10.2. The summed E-state index contributed by atoms with van der Waals surface area (Å²) in [6, 6.07) is 0. The molecule has 0 aromatic heterocycles. The van der Waals surface area contributed by atoms with Gasteiger partial charge in [0, 0.05) is 0 Å². The van der Waals surface area contributed by atoms with Crippen molar-refractivity contribution in [3.05, 3.63) is 11.6 Å². The highest BCUT2D eigenvalue weighted by Gasteiger charge is 2.58. The summed E-state index contributed by atoms with van der Waals surface area (Å²) in [6.07, 6.45) is 17.2. The zero-order chi connectivity index (χ0) is 21.0. The van der Waals surface area contributed by atoms with Crippen LogP contribution in [0.2, 0.25) is 0 Å². The first-order valence-corrected chi connectivity index (χ1v) is 12.9. The molecule has 1 N–H and O–H groups in total. The zero-order valence-corrected chi connectivity index (χ0v) is 20.3. The third-order valence-corrected chi connectivity index (χ3v) is 10.9. The van der Waals surface area contributed by atoms with E-state index in [0.29, 0.717) is 16.2 Å². The van der Waals surface area contributed by atoms with Gasteiger partial charge in [0.25, 0.3) is 0 Å². The van der Waals surface area contributed by atoms with E-state index in [2.05, 4.69) is 47.6 Å². The summed E-state index contributed by atoms with van der Waals surface area (Å²) in [5, 5.41) is 10.2. The monoisotopic (exact) mass is 400 g/mol. The Hall–Kier alpha value is -0.300. The van der Waals surface area contributed by atoms with Gasteiger partial charge < -0.3 is 5.11 Å². The van der Waals surface area contributed by atoms with E-state index in [1.807, 2.05) is 0 Å². The van der Waals surface area contributed by atoms with Crippen molar-refractivity contribution in [1.82, 2.24) is 0 Å². The van der Waals surface area contributed by atoms with Crippen molar-refractivity contribution in [2.24, 2.45) is 45.8 Å². The van der Waals surface area contributed by atoms with Crippen molar-refractivity contribution in [2.45, 2.75) is 118 Å². The third kappa shape index (κ3) is 3.77. The number of fused-ring (bicyclic) bond motifs is 5. The van der Waals surface area contributed by atoms with Gasteiger partial charge in [0.05, 0.1) is 6.10 Å². The first-order chi connectivity index (χ1) is 13.6. The molecule has 0 radical (unpaired) electrons. The van der Waals surface area contributed by atoms with Crippen LogP contribution < -0.4 is 0 Å². The Kier molecular flexibility index (Phi) is 5.81. The molecular formula is C28H48O. The first kappa shape index (κ1) is 21.9. The van der Waals surface area contributed by atoms with Crippen molar-refractivity contribution in [2.75, 3.05) is 0 Å². The van der Waals surface area contributed by atoms with Gasteiger partial charge in [-0.2, -0.15) is 0 Å². The van der Waals surface area contributed by atoms with E-state index in [9.17, 15) is 5.11 Å². The molecule has 3 saturated carbocycles. The number of aliphatic hydroxyl groups is 1. The predicted molar refractivity (Wildman–Crippen MR) is 124 cm³/mol. The Morgan fingerprint density at radius 2 is 1.83 bits per heavy atom. The van der Waals surface area contributed by atoms with Crippen LogP contribution >= 0.6 is 0 Å². The summed E-state index contributed by atoms with van der Waals surface area (Å²) in [4.78, 5) is 0. The van der Waals surface area contributed by atoms with Gasteiger partial charge in [0.1, 0.15) is 0 Å². The summed E-state index contributed by atoms with van der Waals surface area (Å²) >= 11 is 0. The van der Waals surface area contributed by atoms with Gasteiger partial charge in [-0.05, 0) is 104 Å². The second-order valence-corrected chi connectivity index (χ2v) is 13.2. The fourth-order valence-corrected chi connectivity index (χ4v) is 8.33. The Bertz CT molecular complexity index is 627. The van der Waals surface area contributed by atoms with E-state index in [0.717, 1.165) is 42.4 Å². The summed E-state index contributed by atoms with van der Waals surface area (Å²) in [7, 11) is 0. The minimum Gasteiger partial charge on any atom is -0.393 e. The summed E-state index contributed by atoms with van der Waals surface area (Å²) in [5.41, 5.74) is 3.06. The molecule has 0 bridgehead atoms. The van der Waals surface area contributed by atoms with Crippen LogP contribution in [0.4, 0.5) is 0 Å². The molecule has 166 valence electrons. The molecule has 1 heteroatoms. The van der Waals surface area contributed by atoms with Gasteiger partial charge in [-0.25, -0.2) is 0 Å². The molecular weight excluding hydrogens is 352 g/mol. The van der Waals surface area contributed by atoms with E-state index < -0.39 is 0 Å². The SMILES string of the molecule is CC(CCC[C@H]1CC[C@H]2[C@@H]3CC=C4C[C@@H](O)CC[C@]4(C)[C@H]3CC[C@]12C)C(C)(C)C. The van der Waals surface area contributed by atoms with Crippen LogP contribution in [-0.2, 0) is 0 Å². The topological polar surface area (TPSA) is 20.2 Å². The second kappa shape index (κ2) is 7.68. The Labute approximate surface area is 181 Å². The van der Waals surface area contributed by atoms with Crippen molar-refractivity contribution in [1.29, 1.82) is 0 Å². The molecule has 4 aliphatic carbocycles. The molecule has 0 amide bonds. The predicted octanol–water partition coefficient (Wildman–Crippen LogP) is 7.78. The largest absolute Gasteiger partial charge is 0.393 e. The highest BCUT2D eigenvalue weighted by atomic mass is 16.3.